The van der Waals surface area contributed by atoms with Crippen LogP contribution in [0.2, 0.25) is 0 Å². The van der Waals surface area contributed by atoms with Crippen LogP contribution in [0.4, 0.5) is 0 Å². The lowest BCUT2D eigenvalue weighted by atomic mass is 9.92. The molecule has 2 N–H and O–H groups in total. The van der Waals surface area contributed by atoms with Gasteiger partial charge in [-0.25, -0.2) is 0 Å². The molecule has 0 saturated carbocycles. The lowest BCUT2D eigenvalue weighted by Gasteiger charge is -2.46. The van der Waals surface area contributed by atoms with Crippen molar-refractivity contribution in [2.45, 2.75) is 45.2 Å². The molecule has 2 nitrogen and oxygen atoms in total. The molecular weight excluding hydrogens is 192 g/mol. The molecule has 0 aromatic carbocycles. The molecule has 0 bridgehead atoms. The SMILES string of the molecule is CCCC(C)(CN)N1CCSCC1C. The van der Waals surface area contributed by atoms with Crippen molar-refractivity contribution >= 4 is 11.8 Å². The molecule has 2 atom stereocenters. The Kier molecular flexibility index (Phi) is 4.74. The van der Waals surface area contributed by atoms with E-state index in [0.717, 1.165) is 6.54 Å². The fourth-order valence-electron chi connectivity index (χ4n) is 2.43. The number of nitrogens with zero attached hydrogens (tertiary/aromatic N) is 1. The van der Waals surface area contributed by atoms with Crippen molar-refractivity contribution < 1.29 is 0 Å². The second-order valence-electron chi connectivity index (χ2n) is 4.57. The van der Waals surface area contributed by atoms with E-state index in [0.29, 0.717) is 6.04 Å². The highest BCUT2D eigenvalue weighted by Crippen LogP contribution is 2.27. The molecule has 1 aliphatic rings. The van der Waals surface area contributed by atoms with E-state index in [1.165, 1.54) is 30.9 Å². The largest absolute Gasteiger partial charge is 0.329 e. The van der Waals surface area contributed by atoms with Crippen LogP contribution in [0.15, 0.2) is 0 Å². The summed E-state index contributed by atoms with van der Waals surface area (Å²) in [5, 5.41) is 0. The van der Waals surface area contributed by atoms with Crippen LogP contribution in [0.3, 0.4) is 0 Å². The maximum atomic E-state index is 5.94. The summed E-state index contributed by atoms with van der Waals surface area (Å²) in [6.45, 7) is 8.89. The van der Waals surface area contributed by atoms with Crippen molar-refractivity contribution in [2.75, 3.05) is 24.6 Å². The molecule has 2 unspecified atom stereocenters. The molecular formula is C11H24N2S. The summed E-state index contributed by atoms with van der Waals surface area (Å²) in [6, 6.07) is 0.689. The van der Waals surface area contributed by atoms with Gasteiger partial charge in [-0.3, -0.25) is 4.90 Å². The number of rotatable bonds is 4. The number of nitrogens with two attached hydrogens (primary N) is 1. The minimum absolute atomic E-state index is 0.231. The summed E-state index contributed by atoms with van der Waals surface area (Å²) in [6.07, 6.45) is 2.45. The van der Waals surface area contributed by atoms with Crippen LogP contribution in [-0.4, -0.2) is 41.1 Å². The van der Waals surface area contributed by atoms with Gasteiger partial charge < -0.3 is 5.73 Å². The molecule has 1 heterocycles. The smallest absolute Gasteiger partial charge is 0.0306 e. The van der Waals surface area contributed by atoms with Gasteiger partial charge in [-0.15, -0.1) is 0 Å². The first-order valence-electron chi connectivity index (χ1n) is 5.68. The molecule has 1 fully saturated rings. The Morgan fingerprint density at radius 2 is 2.29 bits per heavy atom. The average molecular weight is 216 g/mol. The van der Waals surface area contributed by atoms with Gasteiger partial charge in [-0.2, -0.15) is 11.8 Å². The van der Waals surface area contributed by atoms with Gasteiger partial charge in [0.05, 0.1) is 0 Å². The van der Waals surface area contributed by atoms with E-state index in [-0.39, 0.29) is 5.54 Å². The Labute approximate surface area is 92.6 Å². The molecule has 0 radical (unpaired) electrons. The topological polar surface area (TPSA) is 29.3 Å². The second-order valence-corrected chi connectivity index (χ2v) is 5.72. The molecule has 0 aromatic rings. The molecule has 84 valence electrons. The highest BCUT2D eigenvalue weighted by molar-refractivity contribution is 7.99. The van der Waals surface area contributed by atoms with Crippen LogP contribution in [0, 0.1) is 0 Å². The predicted molar refractivity (Wildman–Crippen MR) is 65.9 cm³/mol. The Balaban J connectivity index is 2.65. The summed E-state index contributed by atoms with van der Waals surface area (Å²) in [5.74, 6) is 2.53. The Morgan fingerprint density at radius 1 is 1.57 bits per heavy atom. The molecule has 1 aliphatic heterocycles. The van der Waals surface area contributed by atoms with Crippen LogP contribution in [-0.2, 0) is 0 Å². The van der Waals surface area contributed by atoms with Gasteiger partial charge in [0, 0.05) is 36.2 Å². The third kappa shape index (κ3) is 2.65. The van der Waals surface area contributed by atoms with Crippen LogP contribution in [0.1, 0.15) is 33.6 Å². The Bertz CT molecular complexity index is 175. The van der Waals surface area contributed by atoms with Crippen LogP contribution in [0.5, 0.6) is 0 Å². The molecule has 3 heteroatoms. The van der Waals surface area contributed by atoms with E-state index < -0.39 is 0 Å². The number of thioether (sulfide) groups is 1. The first-order valence-corrected chi connectivity index (χ1v) is 6.84. The summed E-state index contributed by atoms with van der Waals surface area (Å²) < 4.78 is 0. The van der Waals surface area contributed by atoms with Gasteiger partial charge in [0.1, 0.15) is 0 Å². The molecule has 0 amide bonds. The maximum absolute atomic E-state index is 5.94. The predicted octanol–water partition coefficient (Wildman–Crippen LogP) is 1.94. The first kappa shape index (κ1) is 12.3. The second kappa shape index (κ2) is 5.38. The average Bonchev–Trinajstić information content (AvgIpc) is 2.18. The third-order valence-electron chi connectivity index (χ3n) is 3.29. The fraction of sp³-hybridized carbons (Fsp3) is 1.00. The minimum atomic E-state index is 0.231. The zero-order valence-electron chi connectivity index (χ0n) is 9.75. The summed E-state index contributed by atoms with van der Waals surface area (Å²) >= 11 is 2.07. The van der Waals surface area contributed by atoms with Crippen molar-refractivity contribution in [3.63, 3.8) is 0 Å². The van der Waals surface area contributed by atoms with E-state index >= 15 is 0 Å². The summed E-state index contributed by atoms with van der Waals surface area (Å²) in [5.41, 5.74) is 6.17. The summed E-state index contributed by atoms with van der Waals surface area (Å²) in [7, 11) is 0. The lowest BCUT2D eigenvalue weighted by molar-refractivity contribution is 0.0736. The molecule has 0 aliphatic carbocycles. The monoisotopic (exact) mass is 216 g/mol. The quantitative estimate of drug-likeness (QED) is 0.779. The van der Waals surface area contributed by atoms with Crippen molar-refractivity contribution in [2.24, 2.45) is 5.73 Å². The highest BCUT2D eigenvalue weighted by atomic mass is 32.2. The van der Waals surface area contributed by atoms with Crippen molar-refractivity contribution in [1.82, 2.24) is 4.90 Å². The normalized spacial score (nSPS) is 28.7. The van der Waals surface area contributed by atoms with E-state index in [9.17, 15) is 0 Å². The van der Waals surface area contributed by atoms with Crippen molar-refractivity contribution in [3.05, 3.63) is 0 Å². The van der Waals surface area contributed by atoms with E-state index in [2.05, 4.69) is 37.4 Å². The maximum Gasteiger partial charge on any atom is 0.0306 e. The molecule has 1 rings (SSSR count). The number of hydrogen-bond acceptors (Lipinski definition) is 3. The van der Waals surface area contributed by atoms with Crippen LogP contribution in [0.25, 0.3) is 0 Å². The molecule has 0 aromatic heterocycles. The third-order valence-corrected chi connectivity index (χ3v) is 4.48. The lowest BCUT2D eigenvalue weighted by Crippen LogP contribution is -2.58. The van der Waals surface area contributed by atoms with Gasteiger partial charge >= 0.3 is 0 Å². The van der Waals surface area contributed by atoms with Crippen molar-refractivity contribution in [3.8, 4) is 0 Å². The Hall–Kier alpha value is 0.270. The molecule has 14 heavy (non-hydrogen) atoms. The molecule has 0 spiro atoms. The first-order chi connectivity index (χ1) is 6.64. The van der Waals surface area contributed by atoms with Gasteiger partial charge in [0.2, 0.25) is 0 Å². The standard InChI is InChI=1S/C11H24N2S/c1-4-5-11(3,9-12)13-6-7-14-8-10(13)2/h10H,4-9,12H2,1-3H3. The zero-order chi connectivity index (χ0) is 10.6. The minimum Gasteiger partial charge on any atom is -0.329 e. The van der Waals surface area contributed by atoms with Crippen LogP contribution < -0.4 is 5.73 Å². The van der Waals surface area contributed by atoms with Crippen molar-refractivity contribution in [1.29, 1.82) is 0 Å². The van der Waals surface area contributed by atoms with Gasteiger partial charge in [-0.1, -0.05) is 13.3 Å². The highest BCUT2D eigenvalue weighted by Gasteiger charge is 2.34. The van der Waals surface area contributed by atoms with Crippen LogP contribution >= 0.6 is 11.8 Å². The van der Waals surface area contributed by atoms with E-state index in [1.54, 1.807) is 0 Å². The van der Waals surface area contributed by atoms with Gasteiger partial charge in [0.15, 0.2) is 0 Å². The van der Waals surface area contributed by atoms with Gasteiger partial charge in [0.25, 0.3) is 0 Å². The van der Waals surface area contributed by atoms with E-state index in [1.807, 2.05) is 0 Å². The van der Waals surface area contributed by atoms with E-state index in [4.69, 9.17) is 5.73 Å². The Morgan fingerprint density at radius 3 is 2.79 bits per heavy atom. The molecule has 1 saturated heterocycles. The number of hydrogen-bond donors (Lipinski definition) is 1. The zero-order valence-corrected chi connectivity index (χ0v) is 10.6. The fourth-order valence-corrected chi connectivity index (χ4v) is 3.44. The van der Waals surface area contributed by atoms with Gasteiger partial charge in [-0.05, 0) is 20.3 Å². The summed E-state index contributed by atoms with van der Waals surface area (Å²) in [4.78, 5) is 2.62.